The Kier molecular flexibility index (Phi) is 6.81. The first-order valence-electron chi connectivity index (χ1n) is 2.89. The van der Waals surface area contributed by atoms with Crippen molar-refractivity contribution in [2.24, 2.45) is 0 Å². The van der Waals surface area contributed by atoms with Gasteiger partial charge in [0.05, 0.1) is 0 Å². The summed E-state index contributed by atoms with van der Waals surface area (Å²) < 4.78 is 19.9. The third-order valence-electron chi connectivity index (χ3n) is 0.945. The van der Waals surface area contributed by atoms with Crippen LogP contribution in [0.4, 0.5) is 0 Å². The molecule has 0 aliphatic carbocycles. The van der Waals surface area contributed by atoms with Gasteiger partial charge in [-0.2, -0.15) is 0 Å². The van der Waals surface area contributed by atoms with E-state index in [-0.39, 0.29) is 5.75 Å². The smallest absolute Gasteiger partial charge is 0.0223 e. The molecule has 0 saturated heterocycles. The number of rotatable bonds is 5. The minimum absolute atomic E-state index is 0.275. The highest BCUT2D eigenvalue weighted by atomic mass is 35.5. The van der Waals surface area contributed by atoms with E-state index in [1.54, 1.807) is 0 Å². The fraction of sp³-hybridized carbons (Fsp3) is 1.00. The van der Waals surface area contributed by atoms with Crippen molar-refractivity contribution in [3.8, 4) is 0 Å². The van der Waals surface area contributed by atoms with Gasteiger partial charge in [-0.1, -0.05) is 17.5 Å². The Labute approximate surface area is 62.9 Å². The molecule has 1 atom stereocenters. The highest BCUT2D eigenvalue weighted by Crippen LogP contribution is 1.97. The number of unbranched alkanes of at least 4 members (excludes halogenated alkanes) is 2. The van der Waals surface area contributed by atoms with E-state index in [9.17, 15) is 8.76 Å². The summed E-state index contributed by atoms with van der Waals surface area (Å²) in [5.41, 5.74) is 0. The van der Waals surface area contributed by atoms with E-state index in [1.165, 1.54) is 0 Å². The van der Waals surface area contributed by atoms with Crippen LogP contribution in [0.5, 0.6) is 0 Å². The molecule has 0 rings (SSSR count). The van der Waals surface area contributed by atoms with Gasteiger partial charge in [-0.25, -0.2) is 0 Å². The number of hydrogen-bond acceptors (Lipinski definition) is 2. The normalized spacial score (nSPS) is 13.6. The first-order chi connectivity index (χ1) is 4.27. The molecule has 4 heteroatoms. The molecule has 0 N–H and O–H groups in total. The van der Waals surface area contributed by atoms with Crippen LogP contribution in [-0.4, -0.2) is 20.4 Å². The number of alkyl halides is 1. The summed E-state index contributed by atoms with van der Waals surface area (Å²) in [6, 6.07) is 0. The maximum absolute atomic E-state index is 9.93. The molecular formula is C5H10ClO2S-. The first-order valence-corrected chi connectivity index (χ1v) is 4.67. The van der Waals surface area contributed by atoms with Gasteiger partial charge < -0.3 is 4.55 Å². The van der Waals surface area contributed by atoms with Crippen LogP contribution in [0.15, 0.2) is 0 Å². The van der Waals surface area contributed by atoms with Gasteiger partial charge in [-0.15, -0.1) is 11.6 Å². The van der Waals surface area contributed by atoms with Crippen LogP contribution in [0.3, 0.4) is 0 Å². The Morgan fingerprint density at radius 1 is 1.33 bits per heavy atom. The van der Waals surface area contributed by atoms with Gasteiger partial charge in [0.25, 0.3) is 0 Å². The molecule has 0 spiro atoms. The summed E-state index contributed by atoms with van der Waals surface area (Å²) in [6.07, 6.45) is 2.57. The summed E-state index contributed by atoms with van der Waals surface area (Å²) >= 11 is 3.50. The molecule has 9 heavy (non-hydrogen) atoms. The zero-order valence-corrected chi connectivity index (χ0v) is 6.71. The minimum Gasteiger partial charge on any atom is -0.772 e. The second-order valence-corrected chi connectivity index (χ2v) is 3.15. The van der Waals surface area contributed by atoms with E-state index in [0.29, 0.717) is 5.88 Å². The van der Waals surface area contributed by atoms with Gasteiger partial charge in [-0.05, 0) is 12.8 Å². The molecule has 2 nitrogen and oxygen atoms in total. The summed E-state index contributed by atoms with van der Waals surface area (Å²) in [7, 11) is 0. The average molecular weight is 170 g/mol. The van der Waals surface area contributed by atoms with E-state index >= 15 is 0 Å². The summed E-state index contributed by atoms with van der Waals surface area (Å²) in [5.74, 6) is 0.905. The third-order valence-corrected chi connectivity index (χ3v) is 1.83. The molecule has 56 valence electrons. The lowest BCUT2D eigenvalue weighted by molar-refractivity contribution is 0.533. The Hall–Kier alpha value is 0.400. The van der Waals surface area contributed by atoms with Crippen LogP contribution < -0.4 is 0 Å². The lowest BCUT2D eigenvalue weighted by Gasteiger charge is -2.01. The average Bonchev–Trinajstić information content (AvgIpc) is 1.80. The van der Waals surface area contributed by atoms with Gasteiger partial charge in [-0.3, -0.25) is 4.21 Å². The second-order valence-electron chi connectivity index (χ2n) is 1.76. The monoisotopic (exact) mass is 169 g/mol. The molecule has 0 saturated carbocycles. The Morgan fingerprint density at radius 2 is 2.00 bits per heavy atom. The predicted octanol–water partition coefficient (Wildman–Crippen LogP) is 1.27. The zero-order chi connectivity index (χ0) is 7.11. The van der Waals surface area contributed by atoms with E-state index < -0.39 is 11.1 Å². The number of hydrogen-bond donors (Lipinski definition) is 0. The lowest BCUT2D eigenvalue weighted by Crippen LogP contribution is -1.94. The fourth-order valence-electron chi connectivity index (χ4n) is 0.491. The molecule has 0 radical (unpaired) electrons. The SMILES string of the molecule is O=S([O-])CCCCCCl. The van der Waals surface area contributed by atoms with Gasteiger partial charge in [0.1, 0.15) is 0 Å². The molecule has 0 aromatic carbocycles. The molecular weight excluding hydrogens is 160 g/mol. The molecule has 0 aromatic rings. The molecule has 0 fully saturated rings. The molecule has 0 aromatic heterocycles. The Balaban J connectivity index is 2.83. The summed E-state index contributed by atoms with van der Waals surface area (Å²) in [5, 5.41) is 0. The third kappa shape index (κ3) is 8.40. The number of halogens is 1. The van der Waals surface area contributed by atoms with E-state index in [1.807, 2.05) is 0 Å². The minimum atomic E-state index is -1.86. The highest BCUT2D eigenvalue weighted by molar-refractivity contribution is 7.79. The largest absolute Gasteiger partial charge is 0.772 e. The van der Waals surface area contributed by atoms with Crippen molar-refractivity contribution >= 4 is 22.7 Å². The van der Waals surface area contributed by atoms with E-state index in [4.69, 9.17) is 11.6 Å². The van der Waals surface area contributed by atoms with Crippen LogP contribution in [-0.2, 0) is 11.1 Å². The first kappa shape index (κ1) is 9.40. The highest BCUT2D eigenvalue weighted by Gasteiger charge is 1.86. The topological polar surface area (TPSA) is 40.1 Å². The van der Waals surface area contributed by atoms with Gasteiger partial charge >= 0.3 is 0 Å². The quantitative estimate of drug-likeness (QED) is 0.353. The molecule has 0 aliphatic heterocycles. The predicted molar refractivity (Wildman–Crippen MR) is 38.4 cm³/mol. The molecule has 1 unspecified atom stereocenters. The van der Waals surface area contributed by atoms with Crippen molar-refractivity contribution in [1.29, 1.82) is 0 Å². The van der Waals surface area contributed by atoms with E-state index in [2.05, 4.69) is 0 Å². The van der Waals surface area contributed by atoms with Crippen LogP contribution in [0.2, 0.25) is 0 Å². The molecule has 0 bridgehead atoms. The van der Waals surface area contributed by atoms with E-state index in [0.717, 1.165) is 19.3 Å². The fourth-order valence-corrected chi connectivity index (χ4v) is 1.12. The second kappa shape index (κ2) is 6.52. The zero-order valence-electron chi connectivity index (χ0n) is 5.14. The Morgan fingerprint density at radius 3 is 2.44 bits per heavy atom. The van der Waals surface area contributed by atoms with Gasteiger partial charge in [0.2, 0.25) is 0 Å². The molecule has 0 amide bonds. The maximum atomic E-state index is 9.93. The van der Waals surface area contributed by atoms with Crippen LogP contribution in [0.1, 0.15) is 19.3 Å². The van der Waals surface area contributed by atoms with Crippen LogP contribution in [0, 0.1) is 0 Å². The van der Waals surface area contributed by atoms with Crippen molar-refractivity contribution in [3.05, 3.63) is 0 Å². The van der Waals surface area contributed by atoms with Gasteiger partial charge in [0.15, 0.2) is 0 Å². The van der Waals surface area contributed by atoms with Crippen molar-refractivity contribution in [3.63, 3.8) is 0 Å². The molecule has 0 aliphatic rings. The molecule has 0 heterocycles. The summed E-state index contributed by atoms with van der Waals surface area (Å²) in [6.45, 7) is 0. The van der Waals surface area contributed by atoms with Crippen LogP contribution >= 0.6 is 11.6 Å². The van der Waals surface area contributed by atoms with Crippen LogP contribution in [0.25, 0.3) is 0 Å². The maximum Gasteiger partial charge on any atom is 0.0223 e. The summed E-state index contributed by atoms with van der Waals surface area (Å²) in [4.78, 5) is 0. The Bertz CT molecular complexity index is 87.0. The van der Waals surface area contributed by atoms with Crippen molar-refractivity contribution in [2.75, 3.05) is 11.6 Å². The van der Waals surface area contributed by atoms with Crippen molar-refractivity contribution in [1.82, 2.24) is 0 Å². The van der Waals surface area contributed by atoms with Crippen molar-refractivity contribution in [2.45, 2.75) is 19.3 Å². The van der Waals surface area contributed by atoms with Crippen molar-refractivity contribution < 1.29 is 8.76 Å². The van der Waals surface area contributed by atoms with Gasteiger partial charge in [0, 0.05) is 11.6 Å². The standard InChI is InChI=1S/C5H11ClO2S/c6-4-2-1-3-5-9(7)8/h1-5H2,(H,7,8)/p-1. The lowest BCUT2D eigenvalue weighted by atomic mass is 10.3.